The molecule has 1 aliphatic rings. The average Bonchev–Trinajstić information content (AvgIpc) is 2.45. The van der Waals surface area contributed by atoms with Gasteiger partial charge in [-0.15, -0.1) is 0 Å². The number of hydrogen-bond acceptors (Lipinski definition) is 3. The Morgan fingerprint density at radius 2 is 2.46 bits per heavy atom. The third-order valence-corrected chi connectivity index (χ3v) is 2.07. The van der Waals surface area contributed by atoms with Crippen molar-refractivity contribution >= 4 is 5.91 Å². The minimum absolute atomic E-state index is 0.00139. The van der Waals surface area contributed by atoms with Crippen LogP contribution in [0.5, 0.6) is 0 Å². The highest BCUT2D eigenvalue weighted by molar-refractivity contribution is 5.82. The first-order valence-electron chi connectivity index (χ1n) is 4.16. The first-order valence-corrected chi connectivity index (χ1v) is 4.16. The maximum atomic E-state index is 12.8. The van der Waals surface area contributed by atoms with Crippen LogP contribution in [0.3, 0.4) is 0 Å². The molecule has 0 bridgehead atoms. The first kappa shape index (κ1) is 9.93. The van der Waals surface area contributed by atoms with Crippen LogP contribution in [0.2, 0.25) is 0 Å². The Bertz CT molecular complexity index is 248. The minimum atomic E-state index is -1.09. The molecule has 2 unspecified atom stereocenters. The summed E-state index contributed by atoms with van der Waals surface area (Å²) in [6.45, 7) is 1.53. The third kappa shape index (κ3) is 1.95. The van der Waals surface area contributed by atoms with Gasteiger partial charge in [0.15, 0.2) is 0 Å². The zero-order chi connectivity index (χ0) is 10.0. The molecule has 0 aromatic heterocycles. The number of likely N-dealkylation sites (tertiary alicyclic amines) is 1. The van der Waals surface area contributed by atoms with Gasteiger partial charge in [0, 0.05) is 6.42 Å². The van der Waals surface area contributed by atoms with Crippen molar-refractivity contribution in [1.29, 1.82) is 5.26 Å². The standard InChI is InChI=1S/C8H12FN3O/c1-5(11)8(13)12-4-6(9)2-7(12)3-10/h5-7H,2,4,11H2,1H3/t5?,6?,7-/m0/s1. The smallest absolute Gasteiger partial charge is 0.240 e. The molecule has 0 spiro atoms. The number of nitrogens with two attached hydrogens (primary N) is 1. The molecule has 0 radical (unpaired) electrons. The van der Waals surface area contributed by atoms with Crippen LogP contribution in [0.4, 0.5) is 4.39 Å². The van der Waals surface area contributed by atoms with Gasteiger partial charge in [-0.1, -0.05) is 0 Å². The second-order valence-electron chi connectivity index (χ2n) is 3.26. The molecule has 13 heavy (non-hydrogen) atoms. The SMILES string of the molecule is CC(N)C(=O)N1CC(F)C[C@H]1C#N. The van der Waals surface area contributed by atoms with Crippen LogP contribution >= 0.6 is 0 Å². The maximum Gasteiger partial charge on any atom is 0.240 e. The molecule has 5 heteroatoms. The lowest BCUT2D eigenvalue weighted by Gasteiger charge is -2.20. The van der Waals surface area contributed by atoms with Crippen molar-refractivity contribution in [2.75, 3.05) is 6.54 Å². The van der Waals surface area contributed by atoms with E-state index >= 15 is 0 Å². The van der Waals surface area contributed by atoms with E-state index in [-0.39, 0.29) is 18.9 Å². The van der Waals surface area contributed by atoms with Crippen LogP contribution in [0.25, 0.3) is 0 Å². The second-order valence-corrected chi connectivity index (χ2v) is 3.26. The van der Waals surface area contributed by atoms with E-state index in [1.54, 1.807) is 0 Å². The minimum Gasteiger partial charge on any atom is -0.322 e. The van der Waals surface area contributed by atoms with Gasteiger partial charge >= 0.3 is 0 Å². The fourth-order valence-corrected chi connectivity index (χ4v) is 1.41. The van der Waals surface area contributed by atoms with E-state index in [4.69, 9.17) is 11.0 Å². The molecule has 2 N–H and O–H groups in total. The van der Waals surface area contributed by atoms with E-state index in [1.165, 1.54) is 11.8 Å². The van der Waals surface area contributed by atoms with Crippen molar-refractivity contribution in [1.82, 2.24) is 4.90 Å². The summed E-state index contributed by atoms with van der Waals surface area (Å²) in [7, 11) is 0. The van der Waals surface area contributed by atoms with Gasteiger partial charge in [-0.3, -0.25) is 4.79 Å². The normalized spacial score (nSPS) is 29.8. The molecule has 0 aromatic rings. The zero-order valence-corrected chi connectivity index (χ0v) is 7.40. The first-order chi connectivity index (χ1) is 6.06. The molecule has 1 saturated heterocycles. The Hall–Kier alpha value is -1.15. The van der Waals surface area contributed by atoms with Gasteiger partial charge in [0.05, 0.1) is 18.7 Å². The van der Waals surface area contributed by atoms with Gasteiger partial charge in [0.25, 0.3) is 0 Å². The predicted molar refractivity (Wildman–Crippen MR) is 44.3 cm³/mol. The summed E-state index contributed by atoms with van der Waals surface area (Å²) in [6.07, 6.45) is -0.984. The lowest BCUT2D eigenvalue weighted by Crippen LogP contribution is -2.44. The van der Waals surface area contributed by atoms with E-state index in [0.29, 0.717) is 0 Å². The van der Waals surface area contributed by atoms with E-state index in [1.807, 2.05) is 6.07 Å². The number of nitrogens with zero attached hydrogens (tertiary/aromatic N) is 2. The molecular weight excluding hydrogens is 173 g/mol. The van der Waals surface area contributed by atoms with Gasteiger partial charge in [0.2, 0.25) is 5.91 Å². The fourth-order valence-electron chi connectivity index (χ4n) is 1.41. The van der Waals surface area contributed by atoms with Gasteiger partial charge in [-0.2, -0.15) is 5.26 Å². The molecule has 0 aromatic carbocycles. The lowest BCUT2D eigenvalue weighted by molar-refractivity contribution is -0.132. The monoisotopic (exact) mass is 185 g/mol. The number of nitriles is 1. The maximum absolute atomic E-state index is 12.8. The largest absolute Gasteiger partial charge is 0.322 e. The molecule has 1 rings (SSSR count). The highest BCUT2D eigenvalue weighted by Gasteiger charge is 2.36. The van der Waals surface area contributed by atoms with E-state index < -0.39 is 18.3 Å². The van der Waals surface area contributed by atoms with Crippen LogP contribution < -0.4 is 5.73 Å². The molecular formula is C8H12FN3O. The molecule has 1 amide bonds. The van der Waals surface area contributed by atoms with Gasteiger partial charge in [0.1, 0.15) is 12.2 Å². The van der Waals surface area contributed by atoms with Crippen molar-refractivity contribution in [2.45, 2.75) is 31.6 Å². The number of rotatable bonds is 1. The molecule has 72 valence electrons. The number of amides is 1. The van der Waals surface area contributed by atoms with Crippen molar-refractivity contribution < 1.29 is 9.18 Å². The number of hydrogen-bond donors (Lipinski definition) is 1. The lowest BCUT2D eigenvalue weighted by atomic mass is 10.2. The van der Waals surface area contributed by atoms with E-state index in [9.17, 15) is 9.18 Å². The Labute approximate surface area is 76.1 Å². The third-order valence-electron chi connectivity index (χ3n) is 2.07. The topological polar surface area (TPSA) is 70.1 Å². The summed E-state index contributed by atoms with van der Waals surface area (Å²) >= 11 is 0. The van der Waals surface area contributed by atoms with Crippen LogP contribution in [0, 0.1) is 11.3 Å². The molecule has 1 heterocycles. The molecule has 1 fully saturated rings. The summed E-state index contributed by atoms with van der Waals surface area (Å²) in [6, 6.07) is 0.579. The summed E-state index contributed by atoms with van der Waals surface area (Å²) in [4.78, 5) is 12.6. The van der Waals surface area contributed by atoms with Crippen molar-refractivity contribution in [3.8, 4) is 6.07 Å². The van der Waals surface area contributed by atoms with E-state index in [2.05, 4.69) is 0 Å². The van der Waals surface area contributed by atoms with Gasteiger partial charge in [-0.25, -0.2) is 4.39 Å². The van der Waals surface area contributed by atoms with Gasteiger partial charge < -0.3 is 10.6 Å². The summed E-state index contributed by atoms with van der Waals surface area (Å²) in [5.41, 5.74) is 5.36. The highest BCUT2D eigenvalue weighted by Crippen LogP contribution is 2.20. The Morgan fingerprint density at radius 1 is 1.85 bits per heavy atom. The Morgan fingerprint density at radius 3 is 2.92 bits per heavy atom. The number of carbonyl (C=O) groups excluding carboxylic acids is 1. The number of halogens is 1. The van der Waals surface area contributed by atoms with Crippen LogP contribution in [-0.2, 0) is 4.79 Å². The van der Waals surface area contributed by atoms with E-state index in [0.717, 1.165) is 0 Å². The quantitative estimate of drug-likeness (QED) is 0.614. The molecule has 3 atom stereocenters. The zero-order valence-electron chi connectivity index (χ0n) is 7.40. The predicted octanol–water partition coefficient (Wildman–Crippen LogP) is -0.204. The second kappa shape index (κ2) is 3.71. The summed E-state index contributed by atoms with van der Waals surface area (Å²) in [5.74, 6) is -0.355. The fraction of sp³-hybridized carbons (Fsp3) is 0.750. The molecule has 1 aliphatic heterocycles. The van der Waals surface area contributed by atoms with Gasteiger partial charge in [-0.05, 0) is 6.92 Å². The summed E-state index contributed by atoms with van der Waals surface area (Å²) < 4.78 is 12.8. The average molecular weight is 185 g/mol. The highest BCUT2D eigenvalue weighted by atomic mass is 19.1. The Balaban J connectivity index is 2.70. The number of alkyl halides is 1. The Kier molecular flexibility index (Phi) is 2.83. The van der Waals surface area contributed by atoms with Crippen molar-refractivity contribution in [3.63, 3.8) is 0 Å². The number of carbonyl (C=O) groups is 1. The van der Waals surface area contributed by atoms with Crippen LogP contribution in [0.15, 0.2) is 0 Å². The molecule has 0 aliphatic carbocycles. The van der Waals surface area contributed by atoms with Crippen molar-refractivity contribution in [2.24, 2.45) is 5.73 Å². The molecule has 4 nitrogen and oxygen atoms in total. The van der Waals surface area contributed by atoms with Crippen LogP contribution in [0.1, 0.15) is 13.3 Å². The summed E-state index contributed by atoms with van der Waals surface area (Å²) in [5, 5.41) is 8.63. The molecule has 0 saturated carbocycles. The van der Waals surface area contributed by atoms with Crippen LogP contribution in [-0.4, -0.2) is 35.6 Å². The van der Waals surface area contributed by atoms with Crippen molar-refractivity contribution in [3.05, 3.63) is 0 Å².